The van der Waals surface area contributed by atoms with Gasteiger partial charge in [-0.15, -0.1) is 0 Å². The highest BCUT2D eigenvalue weighted by Gasteiger charge is 2.26. The van der Waals surface area contributed by atoms with Gasteiger partial charge in [0, 0.05) is 23.2 Å². The van der Waals surface area contributed by atoms with E-state index >= 15 is 0 Å². The van der Waals surface area contributed by atoms with Crippen molar-refractivity contribution in [2.24, 2.45) is 0 Å². The van der Waals surface area contributed by atoms with Gasteiger partial charge in [0.15, 0.2) is 0 Å². The standard InChI is InChI=1S/C15H20BrNO4/c1-19-13-6-5-10(16)8-12(13)14(15(18)20-2)17-9-11-4-3-7-21-11/h5-6,8,11,14,17H,3-4,7,9H2,1-2H3. The van der Waals surface area contributed by atoms with Crippen LogP contribution in [0.15, 0.2) is 22.7 Å². The van der Waals surface area contributed by atoms with E-state index in [9.17, 15) is 4.79 Å². The summed E-state index contributed by atoms with van der Waals surface area (Å²) in [7, 11) is 2.97. The van der Waals surface area contributed by atoms with E-state index in [2.05, 4.69) is 21.2 Å². The Morgan fingerprint density at radius 2 is 2.33 bits per heavy atom. The Bertz CT molecular complexity index is 489. The summed E-state index contributed by atoms with van der Waals surface area (Å²) in [5.41, 5.74) is 0.747. The fourth-order valence-corrected chi connectivity index (χ4v) is 2.80. The summed E-state index contributed by atoms with van der Waals surface area (Å²) in [6, 6.07) is 4.98. The Hall–Kier alpha value is -1.11. The summed E-state index contributed by atoms with van der Waals surface area (Å²) in [5, 5.41) is 3.23. The molecule has 0 aliphatic carbocycles. The molecule has 2 atom stereocenters. The molecule has 0 radical (unpaired) electrons. The third-order valence-electron chi connectivity index (χ3n) is 3.51. The number of carbonyl (C=O) groups is 1. The van der Waals surface area contributed by atoms with Crippen LogP contribution in [0.3, 0.4) is 0 Å². The van der Waals surface area contributed by atoms with E-state index in [0.717, 1.165) is 29.5 Å². The lowest BCUT2D eigenvalue weighted by molar-refractivity contribution is -0.143. The van der Waals surface area contributed by atoms with Crippen LogP contribution in [0, 0.1) is 0 Å². The quantitative estimate of drug-likeness (QED) is 0.792. The monoisotopic (exact) mass is 357 g/mol. The van der Waals surface area contributed by atoms with Crippen molar-refractivity contribution in [3.05, 3.63) is 28.2 Å². The number of halogens is 1. The van der Waals surface area contributed by atoms with Crippen LogP contribution in [0.4, 0.5) is 0 Å². The van der Waals surface area contributed by atoms with E-state index in [1.165, 1.54) is 7.11 Å². The number of nitrogens with one attached hydrogen (secondary N) is 1. The minimum atomic E-state index is -0.577. The molecule has 2 unspecified atom stereocenters. The average Bonchev–Trinajstić information content (AvgIpc) is 3.00. The highest BCUT2D eigenvalue weighted by atomic mass is 79.9. The summed E-state index contributed by atoms with van der Waals surface area (Å²) < 4.78 is 16.7. The molecule has 1 N–H and O–H groups in total. The lowest BCUT2D eigenvalue weighted by Gasteiger charge is -2.21. The van der Waals surface area contributed by atoms with Gasteiger partial charge in [-0.25, -0.2) is 4.79 Å². The van der Waals surface area contributed by atoms with Crippen molar-refractivity contribution in [2.45, 2.75) is 25.0 Å². The van der Waals surface area contributed by atoms with Crippen LogP contribution in [0.1, 0.15) is 24.4 Å². The Balaban J connectivity index is 2.18. The second-order valence-electron chi connectivity index (χ2n) is 4.89. The minimum absolute atomic E-state index is 0.148. The van der Waals surface area contributed by atoms with Gasteiger partial charge in [0.1, 0.15) is 11.8 Å². The predicted molar refractivity (Wildman–Crippen MR) is 82.4 cm³/mol. The number of ether oxygens (including phenoxy) is 3. The number of benzene rings is 1. The Morgan fingerprint density at radius 3 is 2.95 bits per heavy atom. The highest BCUT2D eigenvalue weighted by Crippen LogP contribution is 2.29. The van der Waals surface area contributed by atoms with Gasteiger partial charge in [-0.3, -0.25) is 5.32 Å². The number of hydrogen-bond donors (Lipinski definition) is 1. The first kappa shape index (κ1) is 16.3. The molecule has 0 spiro atoms. The maximum atomic E-state index is 12.1. The Kier molecular flexibility index (Phi) is 6.02. The second kappa shape index (κ2) is 7.77. The molecule has 0 aromatic heterocycles. The van der Waals surface area contributed by atoms with E-state index in [-0.39, 0.29) is 12.1 Å². The first-order valence-corrected chi connectivity index (χ1v) is 7.71. The van der Waals surface area contributed by atoms with Crippen LogP contribution in [0.5, 0.6) is 5.75 Å². The molecule has 0 saturated carbocycles. The van der Waals surface area contributed by atoms with Crippen molar-refractivity contribution >= 4 is 21.9 Å². The summed E-state index contributed by atoms with van der Waals surface area (Å²) in [4.78, 5) is 12.1. The van der Waals surface area contributed by atoms with E-state index < -0.39 is 6.04 Å². The van der Waals surface area contributed by atoms with Gasteiger partial charge in [0.25, 0.3) is 0 Å². The van der Waals surface area contributed by atoms with Crippen LogP contribution in [-0.4, -0.2) is 39.4 Å². The number of methoxy groups -OCH3 is 2. The summed E-state index contributed by atoms with van der Waals surface area (Å²) in [6.45, 7) is 1.39. The molecule has 1 aliphatic heterocycles. The van der Waals surface area contributed by atoms with E-state index in [4.69, 9.17) is 14.2 Å². The van der Waals surface area contributed by atoms with Crippen molar-refractivity contribution in [2.75, 3.05) is 27.4 Å². The first-order valence-electron chi connectivity index (χ1n) is 6.92. The SMILES string of the molecule is COC(=O)C(NCC1CCCO1)c1cc(Br)ccc1OC. The number of carbonyl (C=O) groups excluding carboxylic acids is 1. The van der Waals surface area contributed by atoms with Crippen LogP contribution in [0.25, 0.3) is 0 Å². The van der Waals surface area contributed by atoms with Gasteiger partial charge in [0.2, 0.25) is 0 Å². The Labute approximate surface area is 133 Å². The molecule has 1 aromatic rings. The van der Waals surface area contributed by atoms with Gasteiger partial charge in [-0.05, 0) is 31.0 Å². The maximum Gasteiger partial charge on any atom is 0.327 e. The smallest absolute Gasteiger partial charge is 0.327 e. The van der Waals surface area contributed by atoms with E-state index in [0.29, 0.717) is 12.3 Å². The minimum Gasteiger partial charge on any atom is -0.496 e. The third kappa shape index (κ3) is 4.18. The van der Waals surface area contributed by atoms with Crippen LogP contribution in [0.2, 0.25) is 0 Å². The summed E-state index contributed by atoms with van der Waals surface area (Å²) >= 11 is 3.42. The van der Waals surface area contributed by atoms with E-state index in [1.807, 2.05) is 18.2 Å². The molecule has 6 heteroatoms. The zero-order chi connectivity index (χ0) is 15.2. The molecule has 1 fully saturated rings. The second-order valence-corrected chi connectivity index (χ2v) is 5.80. The molecule has 0 bridgehead atoms. The molecule has 5 nitrogen and oxygen atoms in total. The fraction of sp³-hybridized carbons (Fsp3) is 0.533. The molecular weight excluding hydrogens is 338 g/mol. The molecule has 116 valence electrons. The van der Waals surface area contributed by atoms with Gasteiger partial charge >= 0.3 is 5.97 Å². The third-order valence-corrected chi connectivity index (χ3v) is 4.01. The Morgan fingerprint density at radius 1 is 1.52 bits per heavy atom. The molecule has 1 aliphatic rings. The number of rotatable bonds is 6. The van der Waals surface area contributed by atoms with Crippen molar-refractivity contribution < 1.29 is 19.0 Å². The maximum absolute atomic E-state index is 12.1. The zero-order valence-corrected chi connectivity index (χ0v) is 13.8. The van der Waals surface area contributed by atoms with Crippen molar-refractivity contribution in [3.8, 4) is 5.75 Å². The van der Waals surface area contributed by atoms with Crippen molar-refractivity contribution in [3.63, 3.8) is 0 Å². The van der Waals surface area contributed by atoms with Gasteiger partial charge in [0.05, 0.1) is 20.3 Å². The molecule has 1 aromatic carbocycles. The highest BCUT2D eigenvalue weighted by molar-refractivity contribution is 9.10. The molecular formula is C15H20BrNO4. The van der Waals surface area contributed by atoms with Crippen LogP contribution < -0.4 is 10.1 Å². The number of esters is 1. The van der Waals surface area contributed by atoms with Crippen LogP contribution >= 0.6 is 15.9 Å². The predicted octanol–water partition coefficient (Wildman–Crippen LogP) is 2.44. The van der Waals surface area contributed by atoms with Gasteiger partial charge in [-0.2, -0.15) is 0 Å². The molecule has 21 heavy (non-hydrogen) atoms. The van der Waals surface area contributed by atoms with Crippen LogP contribution in [-0.2, 0) is 14.3 Å². The topological polar surface area (TPSA) is 56.8 Å². The average molecular weight is 358 g/mol. The number of hydrogen-bond acceptors (Lipinski definition) is 5. The fourth-order valence-electron chi connectivity index (χ4n) is 2.42. The molecule has 1 heterocycles. The van der Waals surface area contributed by atoms with Gasteiger partial charge < -0.3 is 14.2 Å². The summed E-state index contributed by atoms with van der Waals surface area (Å²) in [5.74, 6) is 0.304. The lowest BCUT2D eigenvalue weighted by Crippen LogP contribution is -2.35. The molecule has 1 saturated heterocycles. The lowest BCUT2D eigenvalue weighted by atomic mass is 10.1. The molecule has 2 rings (SSSR count). The van der Waals surface area contributed by atoms with E-state index in [1.54, 1.807) is 7.11 Å². The summed E-state index contributed by atoms with van der Waals surface area (Å²) in [6.07, 6.45) is 2.22. The largest absolute Gasteiger partial charge is 0.496 e. The van der Waals surface area contributed by atoms with Crippen molar-refractivity contribution in [1.82, 2.24) is 5.32 Å². The molecule has 0 amide bonds. The van der Waals surface area contributed by atoms with Gasteiger partial charge in [-0.1, -0.05) is 15.9 Å². The van der Waals surface area contributed by atoms with Crippen molar-refractivity contribution in [1.29, 1.82) is 0 Å². The first-order chi connectivity index (χ1) is 10.2. The normalized spacial score (nSPS) is 19.3. The zero-order valence-electron chi connectivity index (χ0n) is 12.2.